The van der Waals surface area contributed by atoms with E-state index in [2.05, 4.69) is 26.8 Å². The molecule has 2 aromatic carbocycles. The molecule has 10 heteroatoms. The summed E-state index contributed by atoms with van der Waals surface area (Å²) in [7, 11) is 0. The molecule has 1 aliphatic rings. The average Bonchev–Trinajstić information content (AvgIpc) is 3.43. The third-order valence-electron chi connectivity index (χ3n) is 5.36. The third-order valence-corrected chi connectivity index (χ3v) is 7.52. The van der Waals surface area contributed by atoms with Gasteiger partial charge in [-0.2, -0.15) is 0 Å². The number of fused-ring (bicyclic) bond motifs is 2. The van der Waals surface area contributed by atoms with Crippen molar-refractivity contribution in [2.24, 2.45) is 0 Å². The summed E-state index contributed by atoms with van der Waals surface area (Å²) in [6, 6.07) is 12.1. The normalized spacial score (nSPS) is 15.0. The van der Waals surface area contributed by atoms with Crippen LogP contribution < -0.4 is 19.3 Å². The largest absolute Gasteiger partial charge is 0.494 e. The first-order chi connectivity index (χ1) is 16.2. The second-order valence-corrected chi connectivity index (χ2v) is 9.76. The van der Waals surface area contributed by atoms with Gasteiger partial charge >= 0.3 is 0 Å². The fourth-order valence-electron chi connectivity index (χ4n) is 3.92. The standard InChI is InChI=1S/C23H27N5O3S2/c1-3-30-16-5-7-18-20(11-16)32-22(24-18)27-13-26(9-10-29)14-28(15-27)23-25-19-8-6-17(31-4-2)12-21(19)33-23/h5-8,11-12,29H,3-4,9-10,13-15H2,1-2H3. The van der Waals surface area contributed by atoms with E-state index in [9.17, 15) is 5.11 Å². The van der Waals surface area contributed by atoms with Crippen molar-refractivity contribution in [3.05, 3.63) is 36.4 Å². The van der Waals surface area contributed by atoms with E-state index in [-0.39, 0.29) is 6.61 Å². The summed E-state index contributed by atoms with van der Waals surface area (Å²) in [5.41, 5.74) is 1.93. The van der Waals surface area contributed by atoms with E-state index < -0.39 is 0 Å². The maximum absolute atomic E-state index is 9.59. The molecule has 1 saturated heterocycles. The molecule has 0 saturated carbocycles. The van der Waals surface area contributed by atoms with Crippen molar-refractivity contribution in [2.45, 2.75) is 13.8 Å². The van der Waals surface area contributed by atoms with Crippen LogP contribution in [0, 0.1) is 0 Å². The van der Waals surface area contributed by atoms with Crippen molar-refractivity contribution >= 4 is 53.4 Å². The number of hydrogen-bond acceptors (Lipinski definition) is 10. The number of benzene rings is 2. The molecular formula is C23H27N5O3S2. The lowest BCUT2D eigenvalue weighted by molar-refractivity contribution is 0.180. The molecule has 5 rings (SSSR count). The monoisotopic (exact) mass is 485 g/mol. The SMILES string of the molecule is CCOc1ccc2nc(N3CN(CCO)CN(c4nc5ccc(OCC)cc5s4)C3)sc2c1. The number of aromatic nitrogens is 2. The number of hydrogen-bond donors (Lipinski definition) is 1. The van der Waals surface area contributed by atoms with Gasteiger partial charge in [-0.3, -0.25) is 4.90 Å². The molecule has 33 heavy (non-hydrogen) atoms. The van der Waals surface area contributed by atoms with Crippen molar-refractivity contribution in [3.63, 3.8) is 0 Å². The average molecular weight is 486 g/mol. The zero-order valence-electron chi connectivity index (χ0n) is 18.7. The molecule has 1 N–H and O–H groups in total. The van der Waals surface area contributed by atoms with Crippen LogP contribution in [0.4, 0.5) is 10.3 Å². The highest BCUT2D eigenvalue weighted by Crippen LogP contribution is 2.35. The van der Waals surface area contributed by atoms with E-state index >= 15 is 0 Å². The Kier molecular flexibility index (Phi) is 6.50. The lowest BCUT2D eigenvalue weighted by Gasteiger charge is -2.41. The summed E-state index contributed by atoms with van der Waals surface area (Å²) in [6.45, 7) is 8.04. The molecule has 0 bridgehead atoms. The fourth-order valence-corrected chi connectivity index (χ4v) is 5.87. The molecule has 1 aliphatic heterocycles. The van der Waals surface area contributed by atoms with Gasteiger partial charge in [0.1, 0.15) is 11.5 Å². The van der Waals surface area contributed by atoms with E-state index in [0.29, 0.717) is 39.8 Å². The summed E-state index contributed by atoms with van der Waals surface area (Å²) in [4.78, 5) is 16.4. The summed E-state index contributed by atoms with van der Waals surface area (Å²) in [5, 5.41) is 11.5. The van der Waals surface area contributed by atoms with Crippen LogP contribution in [0.5, 0.6) is 11.5 Å². The minimum Gasteiger partial charge on any atom is -0.494 e. The first-order valence-electron chi connectivity index (χ1n) is 11.1. The smallest absolute Gasteiger partial charge is 0.188 e. The van der Waals surface area contributed by atoms with Gasteiger partial charge in [0.15, 0.2) is 10.3 Å². The first kappa shape index (κ1) is 22.1. The number of ether oxygens (including phenoxy) is 2. The molecule has 0 atom stereocenters. The highest BCUT2D eigenvalue weighted by atomic mass is 32.1. The molecule has 174 valence electrons. The van der Waals surface area contributed by atoms with E-state index in [0.717, 1.165) is 42.2 Å². The van der Waals surface area contributed by atoms with E-state index in [1.54, 1.807) is 22.7 Å². The van der Waals surface area contributed by atoms with Crippen LogP contribution in [-0.2, 0) is 0 Å². The van der Waals surface area contributed by atoms with E-state index in [4.69, 9.17) is 19.4 Å². The highest BCUT2D eigenvalue weighted by Gasteiger charge is 2.27. The summed E-state index contributed by atoms with van der Waals surface area (Å²) >= 11 is 3.32. The maximum atomic E-state index is 9.59. The van der Waals surface area contributed by atoms with Crippen molar-refractivity contribution in [3.8, 4) is 11.5 Å². The van der Waals surface area contributed by atoms with Gasteiger partial charge in [-0.15, -0.1) is 0 Å². The van der Waals surface area contributed by atoms with Crippen LogP contribution in [0.1, 0.15) is 13.8 Å². The molecule has 3 heterocycles. The molecule has 4 aromatic rings. The predicted octanol–water partition coefficient (Wildman–Crippen LogP) is 4.20. The Bertz CT molecular complexity index is 1150. The minimum atomic E-state index is 0.108. The summed E-state index contributed by atoms with van der Waals surface area (Å²) in [5.74, 6) is 1.73. The molecule has 2 aromatic heterocycles. The van der Waals surface area contributed by atoms with Crippen molar-refractivity contribution < 1.29 is 14.6 Å². The Labute approximate surface area is 200 Å². The van der Waals surface area contributed by atoms with Gasteiger partial charge in [-0.25, -0.2) is 9.97 Å². The second-order valence-electron chi connectivity index (χ2n) is 7.74. The zero-order chi connectivity index (χ0) is 22.8. The number of nitrogens with zero attached hydrogens (tertiary/aromatic N) is 5. The van der Waals surface area contributed by atoms with Gasteiger partial charge in [-0.1, -0.05) is 22.7 Å². The van der Waals surface area contributed by atoms with Gasteiger partial charge in [-0.05, 0) is 50.2 Å². The Morgan fingerprint density at radius 2 is 1.33 bits per heavy atom. The Hall–Kier alpha value is -2.66. The number of anilines is 2. The van der Waals surface area contributed by atoms with E-state index in [1.807, 2.05) is 38.1 Å². The number of rotatable bonds is 8. The van der Waals surface area contributed by atoms with Gasteiger partial charge in [0.05, 0.1) is 60.3 Å². The number of β-amino-alcohol motifs (C(OH)–C–C–N with tert-alkyl or cyclic N) is 1. The van der Waals surface area contributed by atoms with Crippen LogP contribution in [0.3, 0.4) is 0 Å². The first-order valence-corrected chi connectivity index (χ1v) is 12.7. The Balaban J connectivity index is 1.43. The molecule has 1 fully saturated rings. The second kappa shape index (κ2) is 9.68. The fraction of sp³-hybridized carbons (Fsp3) is 0.391. The molecule has 8 nitrogen and oxygen atoms in total. The maximum Gasteiger partial charge on any atom is 0.188 e. The third kappa shape index (κ3) is 4.70. The van der Waals surface area contributed by atoms with Crippen molar-refractivity contribution in [2.75, 3.05) is 56.2 Å². The molecule has 0 spiro atoms. The molecule has 0 radical (unpaired) electrons. The van der Waals surface area contributed by atoms with Gasteiger partial charge in [0, 0.05) is 6.54 Å². The van der Waals surface area contributed by atoms with Gasteiger partial charge < -0.3 is 24.4 Å². The van der Waals surface area contributed by atoms with Crippen LogP contribution in [0.15, 0.2) is 36.4 Å². The predicted molar refractivity (Wildman–Crippen MR) is 135 cm³/mol. The topological polar surface area (TPSA) is 74.2 Å². The molecule has 0 aliphatic carbocycles. The minimum absolute atomic E-state index is 0.108. The van der Waals surface area contributed by atoms with Crippen LogP contribution in [0.25, 0.3) is 20.4 Å². The quantitative estimate of drug-likeness (QED) is 0.398. The highest BCUT2D eigenvalue weighted by molar-refractivity contribution is 7.22. The van der Waals surface area contributed by atoms with E-state index in [1.165, 1.54) is 0 Å². The molecule has 0 unspecified atom stereocenters. The van der Waals surface area contributed by atoms with Crippen molar-refractivity contribution in [1.82, 2.24) is 14.9 Å². The molecular weight excluding hydrogens is 458 g/mol. The zero-order valence-corrected chi connectivity index (χ0v) is 20.4. The van der Waals surface area contributed by atoms with Crippen molar-refractivity contribution in [1.29, 1.82) is 0 Å². The Morgan fingerprint density at radius 1 is 0.818 bits per heavy atom. The summed E-state index contributed by atoms with van der Waals surface area (Å²) in [6.07, 6.45) is 0. The lowest BCUT2D eigenvalue weighted by atomic mass is 10.3. The molecule has 0 amide bonds. The number of aliphatic hydroxyl groups excluding tert-OH is 1. The lowest BCUT2D eigenvalue weighted by Crippen LogP contribution is -2.55. The van der Waals surface area contributed by atoms with Crippen LogP contribution >= 0.6 is 22.7 Å². The summed E-state index contributed by atoms with van der Waals surface area (Å²) < 4.78 is 13.5. The van der Waals surface area contributed by atoms with Gasteiger partial charge in [0.2, 0.25) is 0 Å². The Morgan fingerprint density at radius 3 is 1.79 bits per heavy atom. The van der Waals surface area contributed by atoms with Gasteiger partial charge in [0.25, 0.3) is 0 Å². The van der Waals surface area contributed by atoms with Crippen LogP contribution in [0.2, 0.25) is 0 Å². The number of aliphatic hydroxyl groups is 1. The number of thiazole rings is 2. The van der Waals surface area contributed by atoms with Crippen LogP contribution in [-0.4, -0.2) is 66.3 Å².